The van der Waals surface area contributed by atoms with E-state index in [0.29, 0.717) is 68.8 Å². The maximum atomic E-state index is 14.5. The molecule has 50 heavy (non-hydrogen) atoms. The van der Waals surface area contributed by atoms with Crippen molar-refractivity contribution >= 4 is 17.8 Å². The lowest BCUT2D eigenvalue weighted by Gasteiger charge is -2.43. The minimum Gasteiger partial charge on any atom is -0.495 e. The minimum atomic E-state index is -0.502. The first-order chi connectivity index (χ1) is 24.1. The zero-order chi connectivity index (χ0) is 35.0. The minimum absolute atomic E-state index is 0.0393. The number of aromatic nitrogens is 2. The Bertz CT molecular complexity index is 1600. The van der Waals surface area contributed by atoms with Crippen LogP contribution in [0.4, 0.5) is 10.6 Å². The molecule has 3 aliphatic carbocycles. The van der Waals surface area contributed by atoms with E-state index in [0.717, 1.165) is 67.1 Å². The van der Waals surface area contributed by atoms with Crippen LogP contribution in [0.2, 0.25) is 0 Å². The molecule has 11 nitrogen and oxygen atoms in total. The van der Waals surface area contributed by atoms with E-state index in [1.807, 2.05) is 24.0 Å². The maximum Gasteiger partial charge on any atom is 0.410 e. The highest BCUT2D eigenvalue weighted by Crippen LogP contribution is 2.42. The summed E-state index contributed by atoms with van der Waals surface area (Å²) in [6, 6.07) is 3.88. The number of carbonyl (C=O) groups excluding carboxylic acids is 2. The van der Waals surface area contributed by atoms with Gasteiger partial charge in [-0.1, -0.05) is 6.08 Å². The van der Waals surface area contributed by atoms with Crippen molar-refractivity contribution < 1.29 is 28.6 Å². The first kappa shape index (κ1) is 34.6. The number of ether oxygens (including phenoxy) is 2. The number of rotatable bonds is 9. The van der Waals surface area contributed by atoms with Gasteiger partial charge in [-0.05, 0) is 121 Å². The molecule has 3 saturated carbocycles. The van der Waals surface area contributed by atoms with Gasteiger partial charge in [-0.15, -0.1) is 0 Å². The number of β-amino-alcohol motifs (C(OH)–C–C–N with tert-alkyl or cyclic N) is 1. The number of anilines is 1. The first-order valence-electron chi connectivity index (χ1n) is 18.7. The van der Waals surface area contributed by atoms with Crippen LogP contribution in [0.3, 0.4) is 0 Å². The molecule has 2 aromatic rings. The van der Waals surface area contributed by atoms with Gasteiger partial charge in [-0.2, -0.15) is 0 Å². The quantitative estimate of drug-likeness (QED) is 0.296. The fourth-order valence-electron chi connectivity index (χ4n) is 8.62. The number of hydrogen-bond acceptors (Lipinski definition) is 9. The normalized spacial score (nSPS) is 31.3. The van der Waals surface area contributed by atoms with E-state index in [1.165, 1.54) is 0 Å². The smallest absolute Gasteiger partial charge is 0.410 e. The predicted molar refractivity (Wildman–Crippen MR) is 189 cm³/mol. The Morgan fingerprint density at radius 1 is 1.12 bits per heavy atom. The number of nitrogens with one attached hydrogen (secondary N) is 1. The van der Waals surface area contributed by atoms with Crippen molar-refractivity contribution in [2.75, 3.05) is 25.1 Å². The van der Waals surface area contributed by atoms with Crippen LogP contribution < -0.4 is 10.2 Å². The summed E-state index contributed by atoms with van der Waals surface area (Å²) in [5, 5.41) is 13.7. The molecule has 1 saturated heterocycles. The zero-order valence-electron chi connectivity index (χ0n) is 30.0. The summed E-state index contributed by atoms with van der Waals surface area (Å²) < 4.78 is 17.2. The molecule has 0 bridgehead atoms. The molecule has 5 aliphatic rings. The lowest BCUT2D eigenvalue weighted by atomic mass is 9.71. The SMILES string of the molecule is COC1=C(C)NC(C)(C2CCC(CN(C(=O)C3CCC(OC(=O)N4C[C@@H](O)C[C@@H]4C)CC3)c3cc(-c4coc(C5CC5)n4)ccn3)CC2)C=C1. The number of likely N-dealkylation sites (tertiary alicyclic amines) is 1. The van der Waals surface area contributed by atoms with E-state index in [4.69, 9.17) is 23.9 Å². The summed E-state index contributed by atoms with van der Waals surface area (Å²) in [5.41, 5.74) is 2.60. The molecule has 4 fully saturated rings. The monoisotopic (exact) mass is 687 g/mol. The van der Waals surface area contributed by atoms with Crippen LogP contribution in [0.25, 0.3) is 11.3 Å². The van der Waals surface area contributed by atoms with Crippen molar-refractivity contribution in [1.29, 1.82) is 0 Å². The number of methoxy groups -OCH3 is 1. The maximum absolute atomic E-state index is 14.5. The Kier molecular flexibility index (Phi) is 9.96. The predicted octanol–water partition coefficient (Wildman–Crippen LogP) is 6.70. The molecule has 270 valence electrons. The number of nitrogens with zero attached hydrogens (tertiary/aromatic N) is 4. The number of carbonyl (C=O) groups is 2. The van der Waals surface area contributed by atoms with Gasteiger partial charge < -0.3 is 29.2 Å². The Labute approximate surface area is 295 Å². The third-order valence-electron chi connectivity index (χ3n) is 11.9. The van der Waals surface area contributed by atoms with E-state index in [9.17, 15) is 14.7 Å². The third kappa shape index (κ3) is 7.43. The highest BCUT2D eigenvalue weighted by atomic mass is 16.6. The number of oxazole rings is 1. The topological polar surface area (TPSA) is 130 Å². The summed E-state index contributed by atoms with van der Waals surface area (Å²) in [7, 11) is 1.70. The molecule has 11 heteroatoms. The average molecular weight is 688 g/mol. The van der Waals surface area contributed by atoms with Crippen LogP contribution in [-0.4, -0.2) is 76.0 Å². The van der Waals surface area contributed by atoms with Crippen molar-refractivity contribution in [1.82, 2.24) is 20.2 Å². The third-order valence-corrected chi connectivity index (χ3v) is 11.9. The molecule has 2 aliphatic heterocycles. The highest BCUT2D eigenvalue weighted by molar-refractivity contribution is 5.94. The number of aliphatic hydroxyl groups excluding tert-OH is 1. The van der Waals surface area contributed by atoms with Crippen LogP contribution >= 0.6 is 0 Å². The van der Waals surface area contributed by atoms with Crippen LogP contribution in [0.15, 0.2) is 52.6 Å². The van der Waals surface area contributed by atoms with Crippen LogP contribution in [0.5, 0.6) is 0 Å². The molecule has 0 spiro atoms. The van der Waals surface area contributed by atoms with Crippen molar-refractivity contribution in [3.63, 3.8) is 0 Å². The Morgan fingerprint density at radius 3 is 2.54 bits per heavy atom. The van der Waals surface area contributed by atoms with Gasteiger partial charge in [0, 0.05) is 36.2 Å². The largest absolute Gasteiger partial charge is 0.495 e. The molecule has 0 aromatic carbocycles. The van der Waals surface area contributed by atoms with E-state index >= 15 is 0 Å². The van der Waals surface area contributed by atoms with Gasteiger partial charge >= 0.3 is 6.09 Å². The molecular formula is C39H53N5O6. The molecule has 0 radical (unpaired) electrons. The Balaban J connectivity index is 1.03. The standard InChI is InChI=1S/C39H53N5O6/c1-24-19-31(45)22-43(24)38(47)50-32-13-9-28(10-14-32)37(46)44(35-20-29(16-18-40-35)33-23-49-36(41-33)27-7-8-27)21-26-5-11-30(12-6-26)39(3)17-15-34(48-4)25(2)42-39/h15-18,20,23-24,26-28,30-32,42,45H,5-14,19,21-22H2,1-4H3/t24-,26?,28?,30?,31-,32?,39?/m0/s1. The van der Waals surface area contributed by atoms with Gasteiger partial charge in [0.05, 0.1) is 31.0 Å². The fraction of sp³-hybridized carbons (Fsp3) is 0.641. The summed E-state index contributed by atoms with van der Waals surface area (Å²) in [6.45, 7) is 7.21. The van der Waals surface area contributed by atoms with Gasteiger partial charge in [0.1, 0.15) is 29.6 Å². The molecule has 7 rings (SSSR count). The van der Waals surface area contributed by atoms with Gasteiger partial charge in [-0.3, -0.25) is 9.69 Å². The van der Waals surface area contributed by atoms with E-state index in [2.05, 4.69) is 31.3 Å². The summed E-state index contributed by atoms with van der Waals surface area (Å²) in [6.07, 6.45) is 16.3. The second-order valence-electron chi connectivity index (χ2n) is 15.6. The summed E-state index contributed by atoms with van der Waals surface area (Å²) >= 11 is 0. The van der Waals surface area contributed by atoms with Crippen molar-refractivity contribution in [2.45, 2.75) is 121 Å². The number of amides is 2. The van der Waals surface area contributed by atoms with Gasteiger partial charge in [-0.25, -0.2) is 14.8 Å². The molecular weight excluding hydrogens is 634 g/mol. The number of allylic oxidation sites excluding steroid dienone is 2. The first-order valence-corrected chi connectivity index (χ1v) is 18.7. The number of dihydropyridines is 1. The lowest BCUT2D eigenvalue weighted by Crippen LogP contribution is -2.50. The van der Waals surface area contributed by atoms with Gasteiger partial charge in [0.25, 0.3) is 0 Å². The second kappa shape index (κ2) is 14.4. The summed E-state index contributed by atoms with van der Waals surface area (Å²) in [4.78, 5) is 40.4. The van der Waals surface area contributed by atoms with Crippen molar-refractivity contribution in [3.8, 4) is 11.3 Å². The molecule has 2 aromatic heterocycles. The average Bonchev–Trinajstić information content (AvgIpc) is 3.74. The van der Waals surface area contributed by atoms with E-state index in [-0.39, 0.29) is 35.6 Å². The zero-order valence-corrected chi connectivity index (χ0v) is 30.0. The number of pyridine rings is 1. The van der Waals surface area contributed by atoms with Crippen LogP contribution in [-0.2, 0) is 14.3 Å². The highest BCUT2D eigenvalue weighted by Gasteiger charge is 2.40. The molecule has 4 heterocycles. The fourth-order valence-corrected chi connectivity index (χ4v) is 8.62. The van der Waals surface area contributed by atoms with Crippen molar-refractivity contribution in [2.24, 2.45) is 17.8 Å². The van der Waals surface area contributed by atoms with Gasteiger partial charge in [0.15, 0.2) is 5.89 Å². The molecule has 2 N–H and O–H groups in total. The Hall–Kier alpha value is -3.86. The van der Waals surface area contributed by atoms with Crippen molar-refractivity contribution in [3.05, 3.63) is 54.1 Å². The second-order valence-corrected chi connectivity index (χ2v) is 15.6. The summed E-state index contributed by atoms with van der Waals surface area (Å²) in [5.74, 6) is 3.48. The van der Waals surface area contributed by atoms with Gasteiger partial charge in [0.2, 0.25) is 5.91 Å². The van der Waals surface area contributed by atoms with Crippen LogP contribution in [0, 0.1) is 17.8 Å². The van der Waals surface area contributed by atoms with E-state index < -0.39 is 6.10 Å². The van der Waals surface area contributed by atoms with E-state index in [1.54, 1.807) is 24.5 Å². The molecule has 2 amide bonds. The number of hydrogen-bond donors (Lipinski definition) is 2. The number of aliphatic hydroxyl groups is 1. The van der Waals surface area contributed by atoms with Crippen LogP contribution in [0.1, 0.15) is 103 Å². The Morgan fingerprint density at radius 2 is 1.88 bits per heavy atom. The molecule has 3 atom stereocenters. The molecule has 1 unspecified atom stereocenters. The lowest BCUT2D eigenvalue weighted by molar-refractivity contribution is -0.124.